The molecule has 2 aromatic heterocycles. The monoisotopic (exact) mass is 226 g/mol. The number of benzene rings is 1. The van der Waals surface area contributed by atoms with Gasteiger partial charge in [0.2, 0.25) is 0 Å². The van der Waals surface area contributed by atoms with Gasteiger partial charge in [-0.05, 0) is 42.3 Å². The summed E-state index contributed by atoms with van der Waals surface area (Å²) in [6.45, 7) is 1.77. The van der Waals surface area contributed by atoms with Crippen molar-refractivity contribution in [2.75, 3.05) is 0 Å². The van der Waals surface area contributed by atoms with Crippen LogP contribution in [0.2, 0.25) is 0 Å². The van der Waals surface area contributed by atoms with E-state index in [9.17, 15) is 4.39 Å². The predicted molar refractivity (Wildman–Crippen MR) is 66.2 cm³/mol. The first-order valence-corrected chi connectivity index (χ1v) is 5.44. The van der Waals surface area contributed by atoms with Crippen LogP contribution in [0.25, 0.3) is 22.2 Å². The van der Waals surface area contributed by atoms with E-state index in [0.717, 1.165) is 22.2 Å². The topological polar surface area (TPSA) is 28.7 Å². The lowest BCUT2D eigenvalue weighted by Crippen LogP contribution is -1.83. The SMILES string of the molecule is Cc1cc(-c2c[nH]c3ncccc23)ccc1F. The number of pyridine rings is 1. The highest BCUT2D eigenvalue weighted by molar-refractivity contribution is 5.93. The van der Waals surface area contributed by atoms with E-state index in [1.54, 1.807) is 19.2 Å². The number of fused-ring (bicyclic) bond motifs is 1. The van der Waals surface area contributed by atoms with E-state index in [2.05, 4.69) is 9.97 Å². The Bertz CT molecular complexity index is 686. The highest BCUT2D eigenvalue weighted by atomic mass is 19.1. The van der Waals surface area contributed by atoms with Gasteiger partial charge < -0.3 is 4.98 Å². The summed E-state index contributed by atoms with van der Waals surface area (Å²) in [5.74, 6) is -0.174. The van der Waals surface area contributed by atoms with Gasteiger partial charge in [0.05, 0.1) is 0 Å². The summed E-state index contributed by atoms with van der Waals surface area (Å²) in [6, 6.07) is 9.05. The summed E-state index contributed by atoms with van der Waals surface area (Å²) in [6.07, 6.45) is 3.66. The molecule has 0 radical (unpaired) electrons. The molecule has 84 valence electrons. The summed E-state index contributed by atoms with van der Waals surface area (Å²) in [5.41, 5.74) is 3.56. The van der Waals surface area contributed by atoms with E-state index in [0.29, 0.717) is 5.56 Å². The van der Waals surface area contributed by atoms with Gasteiger partial charge >= 0.3 is 0 Å². The molecule has 0 aliphatic heterocycles. The number of H-pyrrole nitrogens is 1. The fourth-order valence-corrected chi connectivity index (χ4v) is 2.01. The lowest BCUT2D eigenvalue weighted by molar-refractivity contribution is 0.619. The van der Waals surface area contributed by atoms with Crippen molar-refractivity contribution in [3.8, 4) is 11.1 Å². The van der Waals surface area contributed by atoms with Crippen molar-refractivity contribution < 1.29 is 4.39 Å². The van der Waals surface area contributed by atoms with Gasteiger partial charge in [0.25, 0.3) is 0 Å². The molecule has 3 heteroatoms. The van der Waals surface area contributed by atoms with Crippen molar-refractivity contribution in [2.24, 2.45) is 0 Å². The largest absolute Gasteiger partial charge is 0.346 e. The van der Waals surface area contributed by atoms with E-state index in [4.69, 9.17) is 0 Å². The molecule has 17 heavy (non-hydrogen) atoms. The van der Waals surface area contributed by atoms with E-state index in [1.165, 1.54) is 6.07 Å². The van der Waals surface area contributed by atoms with Crippen LogP contribution in [-0.2, 0) is 0 Å². The molecule has 0 amide bonds. The van der Waals surface area contributed by atoms with Crippen LogP contribution in [-0.4, -0.2) is 9.97 Å². The van der Waals surface area contributed by atoms with Crippen molar-refractivity contribution in [1.29, 1.82) is 0 Å². The highest BCUT2D eigenvalue weighted by Crippen LogP contribution is 2.28. The first-order valence-electron chi connectivity index (χ1n) is 5.44. The minimum atomic E-state index is -0.174. The van der Waals surface area contributed by atoms with Crippen LogP contribution in [0.4, 0.5) is 4.39 Å². The van der Waals surface area contributed by atoms with Crippen molar-refractivity contribution >= 4 is 11.0 Å². The van der Waals surface area contributed by atoms with Crippen LogP contribution in [0.15, 0.2) is 42.7 Å². The molecule has 1 N–H and O–H groups in total. The molecule has 0 unspecified atom stereocenters. The number of hydrogen-bond donors (Lipinski definition) is 1. The van der Waals surface area contributed by atoms with Gasteiger partial charge in [-0.3, -0.25) is 0 Å². The Balaban J connectivity index is 2.24. The van der Waals surface area contributed by atoms with E-state index in [-0.39, 0.29) is 5.82 Å². The smallest absolute Gasteiger partial charge is 0.137 e. The lowest BCUT2D eigenvalue weighted by Gasteiger charge is -2.02. The lowest BCUT2D eigenvalue weighted by atomic mass is 10.0. The molecule has 0 bridgehead atoms. The molecule has 0 saturated heterocycles. The normalized spacial score (nSPS) is 10.9. The van der Waals surface area contributed by atoms with Gasteiger partial charge in [0.1, 0.15) is 11.5 Å². The van der Waals surface area contributed by atoms with Crippen LogP contribution >= 0.6 is 0 Å². The van der Waals surface area contributed by atoms with Gasteiger partial charge in [-0.2, -0.15) is 0 Å². The number of aromatic amines is 1. The molecule has 0 aliphatic carbocycles. The summed E-state index contributed by atoms with van der Waals surface area (Å²) in [4.78, 5) is 7.35. The van der Waals surface area contributed by atoms with Crippen LogP contribution in [0.1, 0.15) is 5.56 Å². The second kappa shape index (κ2) is 3.70. The van der Waals surface area contributed by atoms with E-state index >= 15 is 0 Å². The minimum absolute atomic E-state index is 0.174. The van der Waals surface area contributed by atoms with Gasteiger partial charge in [-0.25, -0.2) is 9.37 Å². The number of halogens is 1. The van der Waals surface area contributed by atoms with Crippen molar-refractivity contribution in [2.45, 2.75) is 6.92 Å². The zero-order valence-electron chi connectivity index (χ0n) is 9.37. The molecule has 1 aromatic carbocycles. The average molecular weight is 226 g/mol. The maximum Gasteiger partial charge on any atom is 0.137 e. The maximum absolute atomic E-state index is 13.2. The predicted octanol–water partition coefficient (Wildman–Crippen LogP) is 3.68. The van der Waals surface area contributed by atoms with Crippen LogP contribution in [0.3, 0.4) is 0 Å². The van der Waals surface area contributed by atoms with Gasteiger partial charge in [0, 0.05) is 23.3 Å². The van der Waals surface area contributed by atoms with Crippen molar-refractivity contribution in [3.05, 3.63) is 54.1 Å². The Labute approximate surface area is 98.1 Å². The summed E-state index contributed by atoms with van der Waals surface area (Å²) >= 11 is 0. The molecule has 0 aliphatic rings. The number of rotatable bonds is 1. The molecule has 0 spiro atoms. The average Bonchev–Trinajstić information content (AvgIpc) is 2.76. The van der Waals surface area contributed by atoms with Crippen LogP contribution in [0.5, 0.6) is 0 Å². The molecule has 0 atom stereocenters. The first-order chi connectivity index (χ1) is 8.25. The highest BCUT2D eigenvalue weighted by Gasteiger charge is 2.07. The number of aryl methyl sites for hydroxylation is 1. The molecule has 2 heterocycles. The van der Waals surface area contributed by atoms with Crippen molar-refractivity contribution in [3.63, 3.8) is 0 Å². The van der Waals surface area contributed by atoms with Crippen molar-refractivity contribution in [1.82, 2.24) is 9.97 Å². The Morgan fingerprint density at radius 3 is 2.94 bits per heavy atom. The van der Waals surface area contributed by atoms with E-state index in [1.807, 2.05) is 24.4 Å². The van der Waals surface area contributed by atoms with Crippen LogP contribution < -0.4 is 0 Å². The molecule has 2 nitrogen and oxygen atoms in total. The summed E-state index contributed by atoms with van der Waals surface area (Å²) in [7, 11) is 0. The Hall–Kier alpha value is -2.16. The zero-order valence-corrected chi connectivity index (χ0v) is 9.37. The molecular formula is C14H11FN2. The third-order valence-electron chi connectivity index (χ3n) is 2.92. The molecule has 0 saturated carbocycles. The molecular weight excluding hydrogens is 215 g/mol. The quantitative estimate of drug-likeness (QED) is 0.673. The molecule has 3 aromatic rings. The number of hydrogen-bond acceptors (Lipinski definition) is 1. The summed E-state index contributed by atoms with van der Waals surface area (Å²) < 4.78 is 13.2. The fraction of sp³-hybridized carbons (Fsp3) is 0.0714. The molecule has 3 rings (SSSR count). The standard InChI is InChI=1S/C14H11FN2/c1-9-7-10(4-5-13(9)15)12-8-17-14-11(12)3-2-6-16-14/h2-8H,1H3,(H,16,17). The minimum Gasteiger partial charge on any atom is -0.346 e. The number of nitrogens with zero attached hydrogens (tertiary/aromatic N) is 1. The molecule has 0 fully saturated rings. The van der Waals surface area contributed by atoms with Gasteiger partial charge in [-0.15, -0.1) is 0 Å². The van der Waals surface area contributed by atoms with Gasteiger partial charge in [-0.1, -0.05) is 6.07 Å². The second-order valence-corrected chi connectivity index (χ2v) is 4.07. The fourth-order valence-electron chi connectivity index (χ4n) is 2.01. The summed E-state index contributed by atoms with van der Waals surface area (Å²) in [5, 5.41) is 1.05. The number of nitrogens with one attached hydrogen (secondary N) is 1. The Morgan fingerprint density at radius 2 is 2.12 bits per heavy atom. The van der Waals surface area contributed by atoms with E-state index < -0.39 is 0 Å². The zero-order chi connectivity index (χ0) is 11.8. The maximum atomic E-state index is 13.2. The van der Waals surface area contributed by atoms with Crippen LogP contribution in [0, 0.1) is 12.7 Å². The first kappa shape index (κ1) is 10.0. The number of aromatic nitrogens is 2. The second-order valence-electron chi connectivity index (χ2n) is 4.07. The Kier molecular flexibility index (Phi) is 2.18. The van der Waals surface area contributed by atoms with Gasteiger partial charge in [0.15, 0.2) is 0 Å². The Morgan fingerprint density at radius 1 is 1.24 bits per heavy atom. The third-order valence-corrected chi connectivity index (χ3v) is 2.92. The third kappa shape index (κ3) is 1.60.